The SMILES string of the molecule is C/C=C\C=C/CCCCC.C=C(C)/C(=C/C)SC(=C)c1c(C)cccc1C.CCc1ccccc1C. The molecule has 0 bridgehead atoms. The van der Waals surface area contributed by atoms with Gasteiger partial charge in [-0.15, -0.1) is 0 Å². The molecule has 36 heavy (non-hydrogen) atoms. The van der Waals surface area contributed by atoms with E-state index in [4.69, 9.17) is 0 Å². The van der Waals surface area contributed by atoms with Crippen LogP contribution in [0.1, 0.15) is 88.1 Å². The van der Waals surface area contributed by atoms with Crippen LogP contribution in [-0.2, 0) is 6.42 Å². The van der Waals surface area contributed by atoms with Crippen LogP contribution in [0.5, 0.6) is 0 Å². The maximum atomic E-state index is 4.20. The molecule has 2 rings (SSSR count). The van der Waals surface area contributed by atoms with Gasteiger partial charge < -0.3 is 0 Å². The van der Waals surface area contributed by atoms with Crippen LogP contribution in [0.25, 0.3) is 4.91 Å². The van der Waals surface area contributed by atoms with E-state index in [1.54, 1.807) is 11.8 Å². The maximum Gasteiger partial charge on any atom is 0.0128 e. The molecule has 0 fully saturated rings. The lowest BCUT2D eigenvalue weighted by atomic mass is 10.0. The van der Waals surface area contributed by atoms with E-state index in [1.165, 1.54) is 58.4 Å². The number of hydrogen-bond acceptors (Lipinski definition) is 1. The summed E-state index contributed by atoms with van der Waals surface area (Å²) in [7, 11) is 0. The Labute approximate surface area is 228 Å². The fraction of sp³-hybridized carbons (Fsp3) is 0.371. The third-order valence-electron chi connectivity index (χ3n) is 5.73. The van der Waals surface area contributed by atoms with Crippen LogP contribution >= 0.6 is 11.8 Å². The van der Waals surface area contributed by atoms with Crippen molar-refractivity contribution in [1.82, 2.24) is 0 Å². The van der Waals surface area contributed by atoms with Gasteiger partial charge in [0.2, 0.25) is 0 Å². The normalized spacial score (nSPS) is 11.1. The van der Waals surface area contributed by atoms with E-state index in [-0.39, 0.29) is 0 Å². The summed E-state index contributed by atoms with van der Waals surface area (Å²) < 4.78 is 0. The van der Waals surface area contributed by atoms with E-state index < -0.39 is 0 Å². The molecule has 0 saturated carbocycles. The molecule has 196 valence electrons. The second-order valence-corrected chi connectivity index (χ2v) is 10.1. The number of allylic oxidation sites excluding steroid dienone is 6. The zero-order chi connectivity index (χ0) is 27.3. The van der Waals surface area contributed by atoms with Gasteiger partial charge in [-0.05, 0) is 94.2 Å². The van der Waals surface area contributed by atoms with E-state index in [0.29, 0.717) is 0 Å². The Kier molecular flexibility index (Phi) is 19.2. The van der Waals surface area contributed by atoms with E-state index in [2.05, 4.69) is 121 Å². The van der Waals surface area contributed by atoms with Crippen molar-refractivity contribution >= 4 is 16.7 Å². The number of hydrogen-bond donors (Lipinski definition) is 0. The zero-order valence-corrected chi connectivity index (χ0v) is 25.1. The largest absolute Gasteiger partial charge is 0.0950 e. The predicted octanol–water partition coefficient (Wildman–Crippen LogP) is 11.7. The fourth-order valence-electron chi connectivity index (χ4n) is 3.64. The highest BCUT2D eigenvalue weighted by Gasteiger charge is 2.09. The minimum absolute atomic E-state index is 1.09. The number of rotatable bonds is 10. The molecule has 0 N–H and O–H groups in total. The molecule has 0 saturated heterocycles. The first-order valence-electron chi connectivity index (χ1n) is 13.3. The summed E-state index contributed by atoms with van der Waals surface area (Å²) in [5.41, 5.74) is 7.76. The van der Waals surface area contributed by atoms with Gasteiger partial charge >= 0.3 is 0 Å². The Hall–Kier alpha value is -2.51. The first-order valence-corrected chi connectivity index (χ1v) is 14.1. The van der Waals surface area contributed by atoms with Gasteiger partial charge in [-0.3, -0.25) is 0 Å². The van der Waals surface area contributed by atoms with Crippen LogP contribution in [0.3, 0.4) is 0 Å². The van der Waals surface area contributed by atoms with Crippen LogP contribution in [0.4, 0.5) is 0 Å². The topological polar surface area (TPSA) is 0 Å². The summed E-state index contributed by atoms with van der Waals surface area (Å²) in [4.78, 5) is 2.29. The van der Waals surface area contributed by atoms with E-state index >= 15 is 0 Å². The summed E-state index contributed by atoms with van der Waals surface area (Å²) in [6.07, 6.45) is 17.0. The molecular weight excluding hydrogens is 452 g/mol. The lowest BCUT2D eigenvalue weighted by Crippen LogP contribution is -1.90. The number of thioether (sulfide) groups is 1. The van der Waals surface area contributed by atoms with Gasteiger partial charge in [-0.25, -0.2) is 0 Å². The molecule has 0 radical (unpaired) electrons. The van der Waals surface area contributed by atoms with Crippen molar-refractivity contribution in [2.24, 2.45) is 0 Å². The van der Waals surface area contributed by atoms with Crippen molar-refractivity contribution in [3.63, 3.8) is 0 Å². The van der Waals surface area contributed by atoms with E-state index in [9.17, 15) is 0 Å². The smallest absolute Gasteiger partial charge is 0.0128 e. The van der Waals surface area contributed by atoms with Crippen LogP contribution in [0.15, 0.2) is 96.5 Å². The van der Waals surface area contributed by atoms with Gasteiger partial charge in [0, 0.05) is 9.81 Å². The molecule has 0 heterocycles. The van der Waals surface area contributed by atoms with Crippen LogP contribution in [0.2, 0.25) is 0 Å². The summed E-state index contributed by atoms with van der Waals surface area (Å²) in [6.45, 7) is 25.1. The third-order valence-corrected chi connectivity index (χ3v) is 6.99. The van der Waals surface area contributed by atoms with Gasteiger partial charge in [0.25, 0.3) is 0 Å². The summed E-state index contributed by atoms with van der Waals surface area (Å²) in [5, 5.41) is 0. The number of aryl methyl sites for hydroxylation is 4. The molecule has 0 unspecified atom stereocenters. The maximum absolute atomic E-state index is 4.20. The minimum atomic E-state index is 1.09. The lowest BCUT2D eigenvalue weighted by Gasteiger charge is -2.14. The molecule has 1 heteroatoms. The van der Waals surface area contributed by atoms with Gasteiger partial charge in [-0.1, -0.05) is 124 Å². The highest BCUT2D eigenvalue weighted by molar-refractivity contribution is 8.12. The number of unbranched alkanes of at least 4 members (excludes halogenated alkanes) is 3. The molecule has 0 aromatic heterocycles. The number of benzene rings is 2. The standard InChI is InChI=1S/C16H20S.C10H18.C9H12/c1-7-15(11(2)3)17-14(6)16-12(4)9-8-10-13(16)5;1-3-5-7-9-10-8-6-4-2;1-3-9-7-5-4-6-8(9)2/h7-10H,2,6H2,1,3-5H3;3,5,7,9H,4,6,8,10H2,1-2H3;4-7H,3H2,1-2H3/b15-7-;5-3-,9-7-;. The highest BCUT2D eigenvalue weighted by Crippen LogP contribution is 2.37. The monoisotopic (exact) mass is 502 g/mol. The quantitative estimate of drug-likeness (QED) is 0.230. The van der Waals surface area contributed by atoms with E-state index in [0.717, 1.165) is 16.9 Å². The highest BCUT2D eigenvalue weighted by atomic mass is 32.2. The molecule has 0 aliphatic rings. The van der Waals surface area contributed by atoms with Gasteiger partial charge in [0.1, 0.15) is 0 Å². The Balaban J connectivity index is 0.000000551. The Bertz CT molecular complexity index is 981. The molecule has 0 nitrogen and oxygen atoms in total. The first-order chi connectivity index (χ1) is 17.2. The molecule has 2 aromatic carbocycles. The molecule has 0 aliphatic carbocycles. The van der Waals surface area contributed by atoms with Crippen molar-refractivity contribution in [2.75, 3.05) is 0 Å². The fourth-order valence-corrected chi connectivity index (χ4v) is 4.62. The Morgan fingerprint density at radius 1 is 0.833 bits per heavy atom. The second-order valence-electron chi connectivity index (χ2n) is 8.96. The Morgan fingerprint density at radius 2 is 1.44 bits per heavy atom. The second kappa shape index (κ2) is 20.7. The van der Waals surface area contributed by atoms with Crippen molar-refractivity contribution in [3.8, 4) is 0 Å². The predicted molar refractivity (Wildman–Crippen MR) is 170 cm³/mol. The van der Waals surface area contributed by atoms with Crippen LogP contribution in [-0.4, -0.2) is 0 Å². The van der Waals surface area contributed by atoms with E-state index in [1.807, 2.05) is 20.8 Å². The van der Waals surface area contributed by atoms with Crippen molar-refractivity contribution in [2.45, 2.75) is 87.5 Å². The molecule has 0 spiro atoms. The molecule has 2 aromatic rings. The molecule has 0 atom stereocenters. The van der Waals surface area contributed by atoms with Gasteiger partial charge in [0.15, 0.2) is 0 Å². The average molecular weight is 503 g/mol. The minimum Gasteiger partial charge on any atom is -0.0950 e. The molecular formula is C35H50S. The van der Waals surface area contributed by atoms with Crippen molar-refractivity contribution in [1.29, 1.82) is 0 Å². The van der Waals surface area contributed by atoms with Crippen molar-refractivity contribution in [3.05, 3.63) is 124 Å². The Morgan fingerprint density at radius 3 is 1.92 bits per heavy atom. The van der Waals surface area contributed by atoms with Gasteiger partial charge in [0.05, 0.1) is 0 Å². The average Bonchev–Trinajstić information content (AvgIpc) is 2.85. The lowest BCUT2D eigenvalue weighted by molar-refractivity contribution is 0.729. The van der Waals surface area contributed by atoms with Gasteiger partial charge in [-0.2, -0.15) is 0 Å². The zero-order valence-electron chi connectivity index (χ0n) is 24.3. The first kappa shape index (κ1) is 33.5. The van der Waals surface area contributed by atoms with Crippen molar-refractivity contribution < 1.29 is 0 Å². The third kappa shape index (κ3) is 14.1. The summed E-state index contributed by atoms with van der Waals surface area (Å²) in [6, 6.07) is 14.8. The van der Waals surface area contributed by atoms with Crippen LogP contribution in [0, 0.1) is 20.8 Å². The molecule has 0 amide bonds. The summed E-state index contributed by atoms with van der Waals surface area (Å²) in [5.74, 6) is 0. The summed E-state index contributed by atoms with van der Waals surface area (Å²) >= 11 is 1.70. The van der Waals surface area contributed by atoms with Crippen LogP contribution < -0.4 is 0 Å². The molecule has 0 aliphatic heterocycles.